The van der Waals surface area contributed by atoms with Crippen molar-refractivity contribution in [3.63, 3.8) is 0 Å². The van der Waals surface area contributed by atoms with Crippen molar-refractivity contribution in [1.82, 2.24) is 0 Å². The fourth-order valence-electron chi connectivity index (χ4n) is 2.38. The Labute approximate surface area is 148 Å². The maximum atomic E-state index is 12.6. The van der Waals surface area contributed by atoms with E-state index >= 15 is 0 Å². The Morgan fingerprint density at radius 1 is 0.960 bits per heavy atom. The molecule has 1 aromatic heterocycles. The Balaban J connectivity index is 1.81. The van der Waals surface area contributed by atoms with Gasteiger partial charge in [-0.3, -0.25) is 4.79 Å². The van der Waals surface area contributed by atoms with Gasteiger partial charge in [0.25, 0.3) is 0 Å². The predicted octanol–water partition coefficient (Wildman–Crippen LogP) is 4.21. The Bertz CT molecular complexity index is 955. The van der Waals surface area contributed by atoms with Gasteiger partial charge in [0.2, 0.25) is 5.78 Å². The highest BCUT2D eigenvalue weighted by Crippen LogP contribution is 2.19. The average Bonchev–Trinajstić information content (AvgIpc) is 3.20. The van der Waals surface area contributed by atoms with Crippen LogP contribution in [0.3, 0.4) is 0 Å². The van der Waals surface area contributed by atoms with Gasteiger partial charge in [-0.1, -0.05) is 42.5 Å². The van der Waals surface area contributed by atoms with Crippen LogP contribution in [0.25, 0.3) is 0 Å². The molecule has 0 N–H and O–H groups in total. The second kappa shape index (κ2) is 7.56. The molecule has 0 spiro atoms. The third-order valence-corrected chi connectivity index (χ3v) is 4.50. The van der Waals surface area contributed by atoms with E-state index in [-0.39, 0.29) is 18.0 Å². The number of nitriles is 1. The molecule has 3 rings (SSSR count). The van der Waals surface area contributed by atoms with Gasteiger partial charge in [0.05, 0.1) is 22.1 Å². The number of nitrogens with zero attached hydrogens (tertiary/aromatic N) is 1. The first kappa shape index (κ1) is 16.6. The molecule has 25 heavy (non-hydrogen) atoms. The molecule has 0 saturated carbocycles. The molecule has 0 bridgehead atoms. The molecular formula is C20H13NO3S. The first-order valence-corrected chi connectivity index (χ1v) is 8.41. The van der Waals surface area contributed by atoms with Crippen LogP contribution in [0.15, 0.2) is 66.0 Å². The molecule has 0 aliphatic heterocycles. The molecule has 0 aliphatic carbocycles. The number of ketones is 1. The van der Waals surface area contributed by atoms with Gasteiger partial charge >= 0.3 is 5.97 Å². The van der Waals surface area contributed by atoms with Crippen LogP contribution in [-0.2, 0) is 11.3 Å². The number of carbonyl (C=O) groups excluding carboxylic acids is 2. The fourth-order valence-corrected chi connectivity index (χ4v) is 3.05. The van der Waals surface area contributed by atoms with E-state index in [4.69, 9.17) is 10.00 Å². The molecule has 2 aromatic carbocycles. The quantitative estimate of drug-likeness (QED) is 0.512. The SMILES string of the molecule is N#Cc1ccccc1COC(=O)c1ccccc1C(=O)c1cccs1. The number of carbonyl (C=O) groups is 2. The lowest BCUT2D eigenvalue weighted by Gasteiger charge is -2.09. The average molecular weight is 347 g/mol. The van der Waals surface area contributed by atoms with Crippen molar-refractivity contribution in [1.29, 1.82) is 5.26 Å². The number of rotatable bonds is 5. The van der Waals surface area contributed by atoms with Crippen LogP contribution in [-0.4, -0.2) is 11.8 Å². The Morgan fingerprint density at radius 2 is 1.68 bits per heavy atom. The first-order chi connectivity index (χ1) is 12.2. The van der Waals surface area contributed by atoms with Crippen molar-refractivity contribution in [2.24, 2.45) is 0 Å². The van der Waals surface area contributed by atoms with Crippen molar-refractivity contribution in [3.05, 3.63) is 93.2 Å². The first-order valence-electron chi connectivity index (χ1n) is 7.53. The lowest BCUT2D eigenvalue weighted by atomic mass is 10.0. The van der Waals surface area contributed by atoms with Crippen LogP contribution in [0.1, 0.15) is 36.7 Å². The van der Waals surface area contributed by atoms with Crippen LogP contribution in [0.4, 0.5) is 0 Å². The number of hydrogen-bond donors (Lipinski definition) is 0. The summed E-state index contributed by atoms with van der Waals surface area (Å²) in [5.74, 6) is -0.798. The second-order valence-corrected chi connectivity index (χ2v) is 6.14. The van der Waals surface area contributed by atoms with Crippen molar-refractivity contribution >= 4 is 23.1 Å². The summed E-state index contributed by atoms with van der Waals surface area (Å²) in [5.41, 5.74) is 1.61. The maximum Gasteiger partial charge on any atom is 0.339 e. The molecule has 0 fully saturated rings. The van der Waals surface area contributed by atoms with Gasteiger partial charge in [-0.05, 0) is 23.6 Å². The highest BCUT2D eigenvalue weighted by molar-refractivity contribution is 7.12. The zero-order valence-electron chi connectivity index (χ0n) is 13.1. The van der Waals surface area contributed by atoms with Crippen molar-refractivity contribution < 1.29 is 14.3 Å². The molecule has 122 valence electrons. The van der Waals surface area contributed by atoms with Gasteiger partial charge in [0.15, 0.2) is 0 Å². The van der Waals surface area contributed by atoms with E-state index in [0.717, 1.165) is 0 Å². The van der Waals surface area contributed by atoms with E-state index in [1.807, 2.05) is 5.38 Å². The Morgan fingerprint density at radius 3 is 2.40 bits per heavy atom. The molecule has 3 aromatic rings. The Kier molecular flexibility index (Phi) is 5.03. The molecule has 0 saturated heterocycles. The molecule has 0 atom stereocenters. The molecule has 5 heteroatoms. The van der Waals surface area contributed by atoms with Crippen LogP contribution in [0.2, 0.25) is 0 Å². The smallest absolute Gasteiger partial charge is 0.339 e. The summed E-state index contributed by atoms with van der Waals surface area (Å²) in [6, 6.07) is 19.1. The summed E-state index contributed by atoms with van der Waals surface area (Å²) in [7, 11) is 0. The monoisotopic (exact) mass is 347 g/mol. The summed E-state index contributed by atoms with van der Waals surface area (Å²) >= 11 is 1.32. The topological polar surface area (TPSA) is 67.2 Å². The highest BCUT2D eigenvalue weighted by Gasteiger charge is 2.20. The van der Waals surface area contributed by atoms with Gasteiger partial charge in [0.1, 0.15) is 6.61 Å². The van der Waals surface area contributed by atoms with Crippen molar-refractivity contribution in [2.45, 2.75) is 6.61 Å². The summed E-state index contributed by atoms with van der Waals surface area (Å²) < 4.78 is 5.33. The van der Waals surface area contributed by atoms with Gasteiger partial charge in [0, 0.05) is 11.1 Å². The Hall–Kier alpha value is -3.23. The number of ether oxygens (including phenoxy) is 1. The van der Waals surface area contributed by atoms with Crippen LogP contribution < -0.4 is 0 Å². The fraction of sp³-hybridized carbons (Fsp3) is 0.0500. The number of hydrogen-bond acceptors (Lipinski definition) is 5. The minimum absolute atomic E-state index is 0.0237. The predicted molar refractivity (Wildman–Crippen MR) is 94.5 cm³/mol. The van der Waals surface area contributed by atoms with Crippen molar-refractivity contribution in [3.8, 4) is 6.07 Å². The van der Waals surface area contributed by atoms with E-state index in [0.29, 0.717) is 21.6 Å². The van der Waals surface area contributed by atoms with Gasteiger partial charge in [-0.25, -0.2) is 4.79 Å². The van der Waals surface area contributed by atoms with Gasteiger partial charge in [-0.15, -0.1) is 11.3 Å². The zero-order valence-corrected chi connectivity index (χ0v) is 14.0. The second-order valence-electron chi connectivity index (χ2n) is 5.20. The zero-order chi connectivity index (χ0) is 17.6. The van der Waals surface area contributed by atoms with E-state index < -0.39 is 5.97 Å². The summed E-state index contributed by atoms with van der Waals surface area (Å²) in [6.45, 7) is -0.0237. The van der Waals surface area contributed by atoms with E-state index in [9.17, 15) is 9.59 Å². The van der Waals surface area contributed by atoms with Crippen LogP contribution in [0, 0.1) is 11.3 Å². The normalized spacial score (nSPS) is 10.0. The van der Waals surface area contributed by atoms with Gasteiger partial charge in [-0.2, -0.15) is 5.26 Å². The summed E-state index contributed by atoms with van der Waals surface area (Å²) in [6.07, 6.45) is 0. The third kappa shape index (κ3) is 3.65. The molecular weight excluding hydrogens is 334 g/mol. The molecule has 0 aliphatic rings. The minimum Gasteiger partial charge on any atom is -0.457 e. The van der Waals surface area contributed by atoms with E-state index in [2.05, 4.69) is 6.07 Å². The molecule has 1 heterocycles. The van der Waals surface area contributed by atoms with Gasteiger partial charge < -0.3 is 4.74 Å². The minimum atomic E-state index is -0.590. The summed E-state index contributed by atoms with van der Waals surface area (Å²) in [5, 5.41) is 10.9. The number of esters is 1. The number of benzene rings is 2. The lowest BCUT2D eigenvalue weighted by Crippen LogP contribution is -2.12. The molecule has 0 amide bonds. The molecule has 4 nitrogen and oxygen atoms in total. The van der Waals surface area contributed by atoms with E-state index in [1.54, 1.807) is 60.7 Å². The largest absolute Gasteiger partial charge is 0.457 e. The standard InChI is InChI=1S/C20H13NO3S/c21-12-14-6-1-2-7-15(14)13-24-20(23)17-9-4-3-8-16(17)19(22)18-10-5-11-25-18/h1-11H,13H2. The number of thiophene rings is 1. The molecule has 0 unspecified atom stereocenters. The summed E-state index contributed by atoms with van der Waals surface area (Å²) in [4.78, 5) is 25.6. The third-order valence-electron chi connectivity index (χ3n) is 3.63. The van der Waals surface area contributed by atoms with Crippen molar-refractivity contribution in [2.75, 3.05) is 0 Å². The lowest BCUT2D eigenvalue weighted by molar-refractivity contribution is 0.0470. The van der Waals surface area contributed by atoms with Crippen LogP contribution in [0.5, 0.6) is 0 Å². The maximum absolute atomic E-state index is 12.6. The van der Waals surface area contributed by atoms with E-state index in [1.165, 1.54) is 11.3 Å². The van der Waals surface area contributed by atoms with Crippen LogP contribution >= 0.6 is 11.3 Å². The molecule has 0 radical (unpaired) electrons. The highest BCUT2D eigenvalue weighted by atomic mass is 32.1.